The molecular weight excluding hydrogens is 326 g/mol. The first-order valence-electron chi connectivity index (χ1n) is 9.29. The molecule has 2 rings (SSSR count). The fourth-order valence-corrected chi connectivity index (χ4v) is 3.92. The lowest BCUT2D eigenvalue weighted by atomic mass is 9.79. The third-order valence-corrected chi connectivity index (χ3v) is 4.74. The van der Waals surface area contributed by atoms with E-state index in [1.54, 1.807) is 0 Å². The molecular formula is C21H33N3O2. The van der Waals surface area contributed by atoms with Gasteiger partial charge in [0, 0.05) is 22.8 Å². The first-order valence-corrected chi connectivity index (χ1v) is 9.29. The summed E-state index contributed by atoms with van der Waals surface area (Å²) in [5.74, 6) is -1.20. The Morgan fingerprint density at radius 3 is 1.92 bits per heavy atom. The standard InChI is InChI=1S/C21H33N3O2/c1-19(2,3)14-8-10-15(11-9-14)22-17(25)18(26)23-16-12-20(4,5)24-21(6,7)13-16/h8-11,16,24H,12-13H2,1-7H3,(H,22,25)(H,23,26). The van der Waals surface area contributed by atoms with Crippen molar-refractivity contribution in [3.8, 4) is 0 Å². The van der Waals surface area contributed by atoms with Crippen LogP contribution in [0.4, 0.5) is 5.69 Å². The molecule has 0 aromatic heterocycles. The Bertz CT molecular complexity index is 653. The minimum absolute atomic E-state index is 0.0252. The smallest absolute Gasteiger partial charge is 0.313 e. The monoisotopic (exact) mass is 359 g/mol. The summed E-state index contributed by atoms with van der Waals surface area (Å²) in [4.78, 5) is 24.6. The van der Waals surface area contributed by atoms with Crippen LogP contribution in [0, 0.1) is 0 Å². The molecule has 0 unspecified atom stereocenters. The highest BCUT2D eigenvalue weighted by molar-refractivity contribution is 6.39. The second-order valence-corrected chi connectivity index (χ2v) is 9.75. The second kappa shape index (κ2) is 7.03. The summed E-state index contributed by atoms with van der Waals surface area (Å²) < 4.78 is 0. The second-order valence-electron chi connectivity index (χ2n) is 9.75. The summed E-state index contributed by atoms with van der Waals surface area (Å²) in [6, 6.07) is 7.60. The van der Waals surface area contributed by atoms with Crippen LogP contribution in [-0.4, -0.2) is 28.9 Å². The maximum atomic E-state index is 12.3. The van der Waals surface area contributed by atoms with Crippen molar-refractivity contribution >= 4 is 17.5 Å². The molecule has 0 saturated carbocycles. The van der Waals surface area contributed by atoms with E-state index >= 15 is 0 Å². The normalized spacial score (nSPS) is 19.7. The van der Waals surface area contributed by atoms with Crippen LogP contribution in [0.1, 0.15) is 66.9 Å². The summed E-state index contributed by atoms with van der Waals surface area (Å²) in [5, 5.41) is 9.15. The summed E-state index contributed by atoms with van der Waals surface area (Å²) in [6.45, 7) is 14.9. The zero-order valence-corrected chi connectivity index (χ0v) is 17.1. The van der Waals surface area contributed by atoms with Gasteiger partial charge in [-0.05, 0) is 63.6 Å². The third kappa shape index (κ3) is 5.56. The van der Waals surface area contributed by atoms with Gasteiger partial charge in [-0.2, -0.15) is 0 Å². The summed E-state index contributed by atoms with van der Waals surface area (Å²) >= 11 is 0. The molecule has 1 aliphatic heterocycles. The van der Waals surface area contributed by atoms with Crippen LogP contribution in [0.5, 0.6) is 0 Å². The predicted molar refractivity (Wildman–Crippen MR) is 106 cm³/mol. The number of rotatable bonds is 2. The van der Waals surface area contributed by atoms with Crippen molar-refractivity contribution in [1.29, 1.82) is 0 Å². The molecule has 0 spiro atoms. The van der Waals surface area contributed by atoms with Crippen LogP contribution in [0.2, 0.25) is 0 Å². The van der Waals surface area contributed by atoms with E-state index in [0.717, 1.165) is 12.8 Å². The van der Waals surface area contributed by atoms with Crippen molar-refractivity contribution in [1.82, 2.24) is 10.6 Å². The average molecular weight is 360 g/mol. The van der Waals surface area contributed by atoms with E-state index in [-0.39, 0.29) is 22.5 Å². The van der Waals surface area contributed by atoms with E-state index in [2.05, 4.69) is 64.4 Å². The number of piperidine rings is 1. The minimum Gasteiger partial charge on any atom is -0.345 e. The highest BCUT2D eigenvalue weighted by atomic mass is 16.2. The van der Waals surface area contributed by atoms with Gasteiger partial charge in [-0.3, -0.25) is 9.59 Å². The zero-order chi connectivity index (χ0) is 19.8. The minimum atomic E-state index is -0.623. The Morgan fingerprint density at radius 1 is 0.962 bits per heavy atom. The van der Waals surface area contributed by atoms with Gasteiger partial charge in [0.15, 0.2) is 0 Å². The number of benzene rings is 1. The molecule has 5 nitrogen and oxygen atoms in total. The van der Waals surface area contributed by atoms with E-state index in [9.17, 15) is 9.59 Å². The number of anilines is 1. The number of carbonyl (C=O) groups is 2. The fraction of sp³-hybridized carbons (Fsp3) is 0.619. The quantitative estimate of drug-likeness (QED) is 0.709. The van der Waals surface area contributed by atoms with Gasteiger partial charge in [0.1, 0.15) is 0 Å². The van der Waals surface area contributed by atoms with Crippen molar-refractivity contribution in [3.05, 3.63) is 29.8 Å². The van der Waals surface area contributed by atoms with Crippen molar-refractivity contribution in [2.75, 3.05) is 5.32 Å². The molecule has 0 radical (unpaired) electrons. The summed E-state index contributed by atoms with van der Waals surface area (Å²) in [6.07, 6.45) is 1.57. The average Bonchev–Trinajstić information content (AvgIpc) is 2.43. The van der Waals surface area contributed by atoms with Gasteiger partial charge in [0.05, 0.1) is 0 Å². The van der Waals surface area contributed by atoms with E-state index < -0.39 is 11.8 Å². The molecule has 1 fully saturated rings. The van der Waals surface area contributed by atoms with Crippen molar-refractivity contribution in [2.45, 2.75) is 83.8 Å². The first kappa shape index (κ1) is 20.4. The molecule has 144 valence electrons. The SMILES string of the molecule is CC1(C)CC(NC(=O)C(=O)Nc2ccc(C(C)(C)C)cc2)CC(C)(C)N1. The lowest BCUT2D eigenvalue weighted by molar-refractivity contribution is -0.137. The maximum absolute atomic E-state index is 12.3. The molecule has 1 heterocycles. The molecule has 1 saturated heterocycles. The van der Waals surface area contributed by atoms with Gasteiger partial charge >= 0.3 is 11.8 Å². The molecule has 2 amide bonds. The molecule has 5 heteroatoms. The molecule has 0 aliphatic carbocycles. The number of nitrogens with one attached hydrogen (secondary N) is 3. The van der Waals surface area contributed by atoms with Crippen LogP contribution in [0.15, 0.2) is 24.3 Å². The van der Waals surface area contributed by atoms with Crippen molar-refractivity contribution in [3.63, 3.8) is 0 Å². The lowest BCUT2D eigenvalue weighted by Gasteiger charge is -2.46. The maximum Gasteiger partial charge on any atom is 0.313 e. The molecule has 0 atom stereocenters. The van der Waals surface area contributed by atoms with E-state index in [1.807, 2.05) is 24.3 Å². The van der Waals surface area contributed by atoms with Crippen LogP contribution in [0.3, 0.4) is 0 Å². The predicted octanol–water partition coefficient (Wildman–Crippen LogP) is 3.35. The Hall–Kier alpha value is -1.88. The van der Waals surface area contributed by atoms with E-state index in [4.69, 9.17) is 0 Å². The van der Waals surface area contributed by atoms with Crippen LogP contribution in [0.25, 0.3) is 0 Å². The Balaban J connectivity index is 1.96. The van der Waals surface area contributed by atoms with Gasteiger partial charge in [-0.15, -0.1) is 0 Å². The van der Waals surface area contributed by atoms with Gasteiger partial charge in [-0.25, -0.2) is 0 Å². The highest BCUT2D eigenvalue weighted by Gasteiger charge is 2.38. The van der Waals surface area contributed by atoms with Gasteiger partial charge in [0.25, 0.3) is 0 Å². The van der Waals surface area contributed by atoms with Gasteiger partial charge in [0.2, 0.25) is 0 Å². The largest absolute Gasteiger partial charge is 0.345 e. The third-order valence-electron chi connectivity index (χ3n) is 4.74. The molecule has 26 heavy (non-hydrogen) atoms. The van der Waals surface area contributed by atoms with Crippen LogP contribution >= 0.6 is 0 Å². The topological polar surface area (TPSA) is 70.2 Å². The Labute approximate surface area is 157 Å². The zero-order valence-electron chi connectivity index (χ0n) is 17.1. The van der Waals surface area contributed by atoms with Gasteiger partial charge in [-0.1, -0.05) is 32.9 Å². The van der Waals surface area contributed by atoms with Crippen molar-refractivity contribution < 1.29 is 9.59 Å². The highest BCUT2D eigenvalue weighted by Crippen LogP contribution is 2.28. The molecule has 1 aliphatic rings. The number of hydrogen-bond acceptors (Lipinski definition) is 3. The molecule has 1 aromatic carbocycles. The van der Waals surface area contributed by atoms with Gasteiger partial charge < -0.3 is 16.0 Å². The number of carbonyl (C=O) groups excluding carboxylic acids is 2. The Kier molecular flexibility index (Phi) is 5.52. The van der Waals surface area contributed by atoms with E-state index in [1.165, 1.54) is 5.56 Å². The van der Waals surface area contributed by atoms with Crippen LogP contribution in [-0.2, 0) is 15.0 Å². The van der Waals surface area contributed by atoms with Crippen LogP contribution < -0.4 is 16.0 Å². The lowest BCUT2D eigenvalue weighted by Crippen LogP contribution is -2.62. The summed E-state index contributed by atoms with van der Waals surface area (Å²) in [7, 11) is 0. The molecule has 0 bridgehead atoms. The van der Waals surface area contributed by atoms with E-state index in [0.29, 0.717) is 5.69 Å². The number of amides is 2. The fourth-order valence-electron chi connectivity index (χ4n) is 3.92. The summed E-state index contributed by atoms with van der Waals surface area (Å²) in [5.41, 5.74) is 1.69. The van der Waals surface area contributed by atoms with Crippen molar-refractivity contribution in [2.24, 2.45) is 0 Å². The number of hydrogen-bond donors (Lipinski definition) is 3. The first-order chi connectivity index (χ1) is 11.8. The molecule has 1 aromatic rings. The Morgan fingerprint density at radius 2 is 1.46 bits per heavy atom. The molecule has 3 N–H and O–H groups in total.